The Morgan fingerprint density at radius 3 is 2.08 bits per heavy atom. The Bertz CT molecular complexity index is 891. The zero-order valence-electron chi connectivity index (χ0n) is 13.5. The summed E-state index contributed by atoms with van der Waals surface area (Å²) in [7, 11) is 0. The molecule has 3 aromatic carbocycles. The summed E-state index contributed by atoms with van der Waals surface area (Å²) in [5.41, 5.74) is 2.08. The number of hydrogen-bond donors (Lipinski definition) is 1. The van der Waals surface area contributed by atoms with Gasteiger partial charge in [-0.1, -0.05) is 53.0 Å². The van der Waals surface area contributed by atoms with E-state index < -0.39 is 0 Å². The molecule has 0 saturated heterocycles. The van der Waals surface area contributed by atoms with Gasteiger partial charge in [0, 0.05) is 21.2 Å². The van der Waals surface area contributed by atoms with Gasteiger partial charge in [-0.2, -0.15) is 0 Å². The maximum absolute atomic E-state index is 12.4. The Balaban J connectivity index is 1.63. The Kier molecular flexibility index (Phi) is 6.49. The van der Waals surface area contributed by atoms with E-state index in [2.05, 4.69) is 5.32 Å². The molecule has 2 nitrogen and oxygen atoms in total. The molecule has 0 heterocycles. The molecule has 0 saturated carbocycles. The topological polar surface area (TPSA) is 29.1 Å². The highest BCUT2D eigenvalue weighted by Crippen LogP contribution is 2.30. The number of benzene rings is 3. The molecule has 1 N–H and O–H groups in total. The van der Waals surface area contributed by atoms with Gasteiger partial charge in [-0.3, -0.25) is 4.79 Å². The van der Waals surface area contributed by atoms with Crippen LogP contribution < -0.4 is 5.32 Å². The molecular formula is C20H14Cl3NOS. The summed E-state index contributed by atoms with van der Waals surface area (Å²) in [6, 6.07) is 20.3. The fourth-order valence-corrected chi connectivity index (χ4v) is 3.73. The smallest absolute Gasteiger partial charge is 0.255 e. The Labute approximate surface area is 171 Å². The predicted molar refractivity (Wildman–Crippen MR) is 112 cm³/mol. The SMILES string of the molecule is O=C(Nc1c(Cl)cccc1Cl)c1ccc(CSc2ccc(Cl)cc2)cc1. The summed E-state index contributed by atoms with van der Waals surface area (Å²) in [6.45, 7) is 0. The fraction of sp³-hybridized carbons (Fsp3) is 0.0500. The second kappa shape index (κ2) is 8.83. The molecule has 0 atom stereocenters. The maximum Gasteiger partial charge on any atom is 0.255 e. The van der Waals surface area contributed by atoms with Gasteiger partial charge >= 0.3 is 0 Å². The van der Waals surface area contributed by atoms with Crippen LogP contribution in [0.1, 0.15) is 15.9 Å². The Morgan fingerprint density at radius 1 is 0.846 bits per heavy atom. The van der Waals surface area contributed by atoms with E-state index in [-0.39, 0.29) is 5.91 Å². The minimum Gasteiger partial charge on any atom is -0.319 e. The molecule has 0 aliphatic carbocycles. The van der Waals surface area contributed by atoms with Crippen molar-refractivity contribution in [2.24, 2.45) is 0 Å². The van der Waals surface area contributed by atoms with Crippen molar-refractivity contribution in [1.82, 2.24) is 0 Å². The largest absolute Gasteiger partial charge is 0.319 e. The van der Waals surface area contributed by atoms with Crippen LogP contribution in [0.4, 0.5) is 5.69 Å². The van der Waals surface area contributed by atoms with Gasteiger partial charge in [-0.25, -0.2) is 0 Å². The van der Waals surface area contributed by atoms with Crippen molar-refractivity contribution in [3.8, 4) is 0 Å². The first-order valence-electron chi connectivity index (χ1n) is 7.75. The first-order chi connectivity index (χ1) is 12.5. The van der Waals surface area contributed by atoms with E-state index in [1.807, 2.05) is 36.4 Å². The molecule has 0 aliphatic heterocycles. The highest BCUT2D eigenvalue weighted by Gasteiger charge is 2.11. The molecule has 132 valence electrons. The Hall–Kier alpha value is -1.65. The first-order valence-corrected chi connectivity index (χ1v) is 9.87. The van der Waals surface area contributed by atoms with E-state index in [0.717, 1.165) is 21.2 Å². The van der Waals surface area contributed by atoms with Crippen LogP contribution in [-0.2, 0) is 5.75 Å². The van der Waals surface area contributed by atoms with Gasteiger partial charge in [0.25, 0.3) is 5.91 Å². The van der Waals surface area contributed by atoms with Crippen molar-refractivity contribution in [2.45, 2.75) is 10.6 Å². The molecule has 1 amide bonds. The first kappa shape index (κ1) is 19.1. The van der Waals surface area contributed by atoms with E-state index in [0.29, 0.717) is 21.3 Å². The van der Waals surface area contributed by atoms with Gasteiger partial charge in [0.1, 0.15) is 0 Å². The number of thioether (sulfide) groups is 1. The number of hydrogen-bond acceptors (Lipinski definition) is 2. The number of halogens is 3. The van der Waals surface area contributed by atoms with Crippen molar-refractivity contribution in [3.05, 3.63) is 92.9 Å². The van der Waals surface area contributed by atoms with Crippen molar-refractivity contribution < 1.29 is 4.79 Å². The molecule has 0 bridgehead atoms. The van der Waals surface area contributed by atoms with Crippen molar-refractivity contribution >= 4 is 58.2 Å². The number of anilines is 1. The standard InChI is InChI=1S/C20H14Cl3NOS/c21-15-8-10-16(11-9-15)26-12-13-4-6-14(7-5-13)20(25)24-19-17(22)2-1-3-18(19)23/h1-11H,12H2,(H,24,25). The van der Waals surface area contributed by atoms with Gasteiger partial charge in [-0.05, 0) is 54.1 Å². The van der Waals surface area contributed by atoms with Gasteiger partial charge in [0.05, 0.1) is 15.7 Å². The molecule has 0 aliphatic rings. The lowest BCUT2D eigenvalue weighted by atomic mass is 10.1. The van der Waals surface area contributed by atoms with Crippen LogP contribution in [0.2, 0.25) is 15.1 Å². The Morgan fingerprint density at radius 2 is 1.46 bits per heavy atom. The van der Waals surface area contributed by atoms with Crippen LogP contribution in [0, 0.1) is 0 Å². The molecule has 0 fully saturated rings. The molecule has 6 heteroatoms. The third-order valence-corrected chi connectivity index (χ3v) is 5.60. The second-order valence-corrected chi connectivity index (χ2v) is 7.79. The molecule has 26 heavy (non-hydrogen) atoms. The lowest BCUT2D eigenvalue weighted by Crippen LogP contribution is -2.12. The van der Waals surface area contributed by atoms with Gasteiger partial charge in [-0.15, -0.1) is 11.8 Å². The van der Waals surface area contributed by atoms with Gasteiger partial charge in [0.2, 0.25) is 0 Å². The average molecular weight is 423 g/mol. The molecule has 3 aromatic rings. The van der Waals surface area contributed by atoms with Crippen molar-refractivity contribution in [3.63, 3.8) is 0 Å². The van der Waals surface area contributed by atoms with E-state index in [1.165, 1.54) is 0 Å². The molecule has 0 radical (unpaired) electrons. The number of amides is 1. The van der Waals surface area contributed by atoms with Crippen molar-refractivity contribution in [1.29, 1.82) is 0 Å². The molecule has 0 unspecified atom stereocenters. The zero-order chi connectivity index (χ0) is 18.5. The molecular weight excluding hydrogens is 409 g/mol. The maximum atomic E-state index is 12.4. The van der Waals surface area contributed by atoms with Crippen molar-refractivity contribution in [2.75, 3.05) is 5.32 Å². The molecule has 0 spiro atoms. The summed E-state index contributed by atoms with van der Waals surface area (Å²) in [4.78, 5) is 13.5. The minimum absolute atomic E-state index is 0.253. The summed E-state index contributed by atoms with van der Waals surface area (Å²) in [5, 5.41) is 4.29. The van der Waals surface area contributed by atoms with Crippen LogP contribution in [0.15, 0.2) is 71.6 Å². The number of rotatable bonds is 5. The second-order valence-electron chi connectivity index (χ2n) is 5.49. The summed E-state index contributed by atoms with van der Waals surface area (Å²) in [6.07, 6.45) is 0. The third-order valence-electron chi connectivity index (χ3n) is 3.64. The van der Waals surface area contributed by atoms with Crippen LogP contribution >= 0.6 is 46.6 Å². The van der Waals surface area contributed by atoms with Crippen LogP contribution in [0.5, 0.6) is 0 Å². The summed E-state index contributed by atoms with van der Waals surface area (Å²) in [5.74, 6) is 0.553. The van der Waals surface area contributed by atoms with Crippen LogP contribution in [0.25, 0.3) is 0 Å². The van der Waals surface area contributed by atoms with E-state index >= 15 is 0 Å². The number of carbonyl (C=O) groups excluding carboxylic acids is 1. The van der Waals surface area contributed by atoms with E-state index in [1.54, 1.807) is 42.1 Å². The average Bonchev–Trinajstić information content (AvgIpc) is 2.65. The quantitative estimate of drug-likeness (QED) is 0.441. The fourth-order valence-electron chi connectivity index (χ4n) is 2.25. The highest BCUT2D eigenvalue weighted by atomic mass is 35.5. The lowest BCUT2D eigenvalue weighted by Gasteiger charge is -2.09. The monoisotopic (exact) mass is 421 g/mol. The lowest BCUT2D eigenvalue weighted by molar-refractivity contribution is 0.102. The predicted octanol–water partition coefficient (Wildman–Crippen LogP) is 7.19. The molecule has 3 rings (SSSR count). The highest BCUT2D eigenvalue weighted by molar-refractivity contribution is 7.98. The van der Waals surface area contributed by atoms with Crippen LogP contribution in [0.3, 0.4) is 0 Å². The zero-order valence-corrected chi connectivity index (χ0v) is 16.6. The number of para-hydroxylation sites is 1. The van der Waals surface area contributed by atoms with E-state index in [4.69, 9.17) is 34.8 Å². The molecule has 0 aromatic heterocycles. The normalized spacial score (nSPS) is 10.6. The van der Waals surface area contributed by atoms with Crippen LogP contribution in [-0.4, -0.2) is 5.91 Å². The minimum atomic E-state index is -0.253. The van der Waals surface area contributed by atoms with Gasteiger partial charge in [0.15, 0.2) is 0 Å². The van der Waals surface area contributed by atoms with Gasteiger partial charge < -0.3 is 5.32 Å². The number of carbonyl (C=O) groups is 1. The van der Waals surface area contributed by atoms with E-state index in [9.17, 15) is 4.79 Å². The summed E-state index contributed by atoms with van der Waals surface area (Å²) < 4.78 is 0. The summed E-state index contributed by atoms with van der Waals surface area (Å²) >= 11 is 19.8. The third kappa shape index (κ3) is 4.95. The number of nitrogens with one attached hydrogen (secondary N) is 1.